The zero-order valence-electron chi connectivity index (χ0n) is 11.6. The van der Waals surface area contributed by atoms with Crippen molar-refractivity contribution in [3.63, 3.8) is 0 Å². The predicted octanol–water partition coefficient (Wildman–Crippen LogP) is 0.117. The van der Waals surface area contributed by atoms with E-state index >= 15 is 0 Å². The number of fused-ring (bicyclic) bond motifs is 1. The van der Waals surface area contributed by atoms with Gasteiger partial charge in [0.25, 0.3) is 0 Å². The van der Waals surface area contributed by atoms with Gasteiger partial charge in [-0.3, -0.25) is 4.57 Å². The van der Waals surface area contributed by atoms with E-state index in [1.54, 1.807) is 0 Å². The highest BCUT2D eigenvalue weighted by Crippen LogP contribution is 2.31. The van der Waals surface area contributed by atoms with Crippen LogP contribution in [-0.2, 0) is 4.74 Å². The lowest BCUT2D eigenvalue weighted by Crippen LogP contribution is -2.33. The Morgan fingerprint density at radius 3 is 2.57 bits per heavy atom. The van der Waals surface area contributed by atoms with Crippen LogP contribution in [0.25, 0.3) is 11.2 Å². The van der Waals surface area contributed by atoms with Crippen molar-refractivity contribution >= 4 is 22.8 Å². The van der Waals surface area contributed by atoms with Crippen LogP contribution >= 0.6 is 11.6 Å². The van der Waals surface area contributed by atoms with Gasteiger partial charge in [0, 0.05) is 0 Å². The highest BCUT2D eigenvalue weighted by atomic mass is 35.5. The van der Waals surface area contributed by atoms with Crippen molar-refractivity contribution < 1.29 is 20.1 Å². The zero-order valence-corrected chi connectivity index (χ0v) is 12.3. The molecule has 0 amide bonds. The van der Waals surface area contributed by atoms with E-state index in [1.807, 2.05) is 13.8 Å². The molecule has 0 saturated carbocycles. The Balaban J connectivity index is 0.000000774. The first-order chi connectivity index (χ1) is 10.1. The van der Waals surface area contributed by atoms with Gasteiger partial charge in [0.15, 0.2) is 17.0 Å². The fourth-order valence-corrected chi connectivity index (χ4v) is 2.30. The number of rotatable bonds is 2. The van der Waals surface area contributed by atoms with E-state index < -0.39 is 31.1 Å². The topological polar surface area (TPSA) is 114 Å². The van der Waals surface area contributed by atoms with Gasteiger partial charge in [-0.1, -0.05) is 25.4 Å². The van der Waals surface area contributed by atoms with E-state index in [1.165, 1.54) is 17.2 Å². The summed E-state index contributed by atoms with van der Waals surface area (Å²) >= 11 is 5.88. The van der Waals surface area contributed by atoms with E-state index in [9.17, 15) is 10.2 Å². The largest absolute Gasteiger partial charge is 0.394 e. The predicted molar refractivity (Wildman–Crippen MR) is 74.7 cm³/mol. The first-order valence-corrected chi connectivity index (χ1v) is 6.96. The SMILES string of the molecule is CC.OC[C@H]1O[C@@H](n2cnc3c(Cl)ncnc32)[C@H](O)[C@@H]1O. The molecule has 1 aliphatic heterocycles. The number of nitrogens with zero attached hydrogens (tertiary/aromatic N) is 4. The molecule has 4 atom stereocenters. The number of aliphatic hydroxyl groups excluding tert-OH is 3. The third-order valence-corrected chi connectivity index (χ3v) is 3.38. The number of aliphatic hydroxyl groups is 3. The van der Waals surface area contributed by atoms with Crippen LogP contribution < -0.4 is 0 Å². The molecule has 2 aromatic rings. The number of aromatic nitrogens is 4. The van der Waals surface area contributed by atoms with Gasteiger partial charge < -0.3 is 20.1 Å². The van der Waals surface area contributed by atoms with Gasteiger partial charge in [-0.05, 0) is 0 Å². The molecular formula is C12H17ClN4O4. The molecule has 9 heteroatoms. The van der Waals surface area contributed by atoms with Crippen molar-refractivity contribution in [2.45, 2.75) is 38.4 Å². The standard InChI is InChI=1S/C10H11ClN4O4.C2H6/c11-8-5-9(13-2-12-8)15(3-14-5)10-7(18)6(17)4(1-16)19-10;1-2/h2-4,6-7,10,16-18H,1H2;1-2H3/t4-,6-,7-,10-;/m1./s1. The summed E-state index contributed by atoms with van der Waals surface area (Å²) in [7, 11) is 0. The molecule has 1 saturated heterocycles. The number of halogens is 1. The molecular weight excluding hydrogens is 300 g/mol. The molecule has 1 fully saturated rings. The Labute approximate surface area is 126 Å². The smallest absolute Gasteiger partial charge is 0.167 e. The summed E-state index contributed by atoms with van der Waals surface area (Å²) in [4.78, 5) is 11.9. The number of imidazole rings is 1. The summed E-state index contributed by atoms with van der Waals surface area (Å²) in [6.45, 7) is 3.61. The molecule has 0 aliphatic carbocycles. The van der Waals surface area contributed by atoms with Crippen LogP contribution in [0.3, 0.4) is 0 Å². The van der Waals surface area contributed by atoms with Gasteiger partial charge >= 0.3 is 0 Å². The fraction of sp³-hybridized carbons (Fsp3) is 0.583. The van der Waals surface area contributed by atoms with E-state index in [0.29, 0.717) is 11.2 Å². The summed E-state index contributed by atoms with van der Waals surface area (Å²) < 4.78 is 6.85. The third kappa shape index (κ3) is 2.72. The van der Waals surface area contributed by atoms with Gasteiger partial charge in [0.05, 0.1) is 12.9 Å². The molecule has 3 heterocycles. The maximum atomic E-state index is 9.95. The van der Waals surface area contributed by atoms with Crippen LogP contribution in [0.2, 0.25) is 5.15 Å². The van der Waals surface area contributed by atoms with Crippen molar-refractivity contribution in [3.8, 4) is 0 Å². The molecule has 2 aromatic heterocycles. The monoisotopic (exact) mass is 316 g/mol. The van der Waals surface area contributed by atoms with Crippen molar-refractivity contribution in [3.05, 3.63) is 17.8 Å². The second-order valence-corrected chi connectivity index (χ2v) is 4.58. The number of hydrogen-bond donors (Lipinski definition) is 3. The minimum atomic E-state index is -1.19. The van der Waals surface area contributed by atoms with Crippen LogP contribution in [0.1, 0.15) is 20.1 Å². The molecule has 3 N–H and O–H groups in total. The third-order valence-electron chi connectivity index (χ3n) is 3.11. The zero-order chi connectivity index (χ0) is 15.6. The molecule has 8 nitrogen and oxygen atoms in total. The Kier molecular flexibility index (Phi) is 5.07. The summed E-state index contributed by atoms with van der Waals surface area (Å²) in [5.41, 5.74) is 0.761. The van der Waals surface area contributed by atoms with Crippen LogP contribution in [0.5, 0.6) is 0 Å². The van der Waals surface area contributed by atoms with Gasteiger partial charge in [0.1, 0.15) is 30.2 Å². The first kappa shape index (κ1) is 16.1. The maximum Gasteiger partial charge on any atom is 0.167 e. The molecule has 1 aliphatic rings. The van der Waals surface area contributed by atoms with Crippen molar-refractivity contribution in [1.82, 2.24) is 19.5 Å². The Hall–Kier alpha value is -1.32. The normalized spacial score (nSPS) is 28.5. The molecule has 3 rings (SSSR count). The molecule has 0 unspecified atom stereocenters. The van der Waals surface area contributed by atoms with Crippen LogP contribution in [0.15, 0.2) is 12.7 Å². The minimum absolute atomic E-state index is 0.190. The quantitative estimate of drug-likeness (QED) is 0.674. The molecule has 21 heavy (non-hydrogen) atoms. The second-order valence-electron chi connectivity index (χ2n) is 4.22. The lowest BCUT2D eigenvalue weighted by atomic mass is 10.1. The maximum absolute atomic E-state index is 9.95. The molecule has 0 spiro atoms. The molecule has 116 valence electrons. The average molecular weight is 317 g/mol. The minimum Gasteiger partial charge on any atom is -0.394 e. The average Bonchev–Trinajstić information content (AvgIpc) is 3.05. The van der Waals surface area contributed by atoms with Crippen molar-refractivity contribution in [1.29, 1.82) is 0 Å². The summed E-state index contributed by atoms with van der Waals surface area (Å²) in [6, 6.07) is 0. The van der Waals surface area contributed by atoms with E-state index in [2.05, 4.69) is 15.0 Å². The van der Waals surface area contributed by atoms with E-state index in [0.717, 1.165) is 0 Å². The van der Waals surface area contributed by atoms with E-state index in [-0.39, 0.29) is 5.15 Å². The molecule has 0 bridgehead atoms. The lowest BCUT2D eigenvalue weighted by molar-refractivity contribution is -0.0511. The van der Waals surface area contributed by atoms with Gasteiger partial charge in [-0.2, -0.15) is 0 Å². The van der Waals surface area contributed by atoms with Gasteiger partial charge in [-0.15, -0.1) is 0 Å². The van der Waals surface area contributed by atoms with Crippen molar-refractivity contribution in [2.24, 2.45) is 0 Å². The van der Waals surface area contributed by atoms with Gasteiger partial charge in [0.2, 0.25) is 0 Å². The Morgan fingerprint density at radius 2 is 1.95 bits per heavy atom. The van der Waals surface area contributed by atoms with Crippen molar-refractivity contribution in [2.75, 3.05) is 6.61 Å². The summed E-state index contributed by atoms with van der Waals surface area (Å²) in [5, 5.41) is 28.9. The van der Waals surface area contributed by atoms with Crippen LogP contribution in [0.4, 0.5) is 0 Å². The first-order valence-electron chi connectivity index (χ1n) is 6.59. The number of ether oxygens (including phenoxy) is 1. The van der Waals surface area contributed by atoms with Crippen LogP contribution in [0, 0.1) is 0 Å². The summed E-state index contributed by atoms with van der Waals surface area (Å²) in [6.07, 6.45) is -1.44. The Morgan fingerprint density at radius 1 is 1.24 bits per heavy atom. The highest BCUT2D eigenvalue weighted by Gasteiger charge is 2.43. The number of hydrogen-bond acceptors (Lipinski definition) is 7. The molecule has 0 aromatic carbocycles. The highest BCUT2D eigenvalue weighted by molar-refractivity contribution is 6.33. The fourth-order valence-electron chi connectivity index (χ4n) is 2.12. The van der Waals surface area contributed by atoms with E-state index in [4.69, 9.17) is 21.4 Å². The summed E-state index contributed by atoms with van der Waals surface area (Å²) in [5.74, 6) is 0. The lowest BCUT2D eigenvalue weighted by Gasteiger charge is -2.16. The second kappa shape index (κ2) is 6.63. The molecule has 0 radical (unpaired) electrons. The Bertz CT molecular complexity index is 608. The van der Waals surface area contributed by atoms with Gasteiger partial charge in [-0.25, -0.2) is 15.0 Å². The van der Waals surface area contributed by atoms with Crippen LogP contribution in [-0.4, -0.2) is 59.8 Å².